The number of aromatic nitrogens is 2. The molecule has 2 aromatic rings. The van der Waals surface area contributed by atoms with Crippen LogP contribution in [0.3, 0.4) is 0 Å². The van der Waals surface area contributed by atoms with Gasteiger partial charge in [0, 0.05) is 6.20 Å². The lowest BCUT2D eigenvalue weighted by molar-refractivity contribution is 0.600. The van der Waals surface area contributed by atoms with E-state index in [4.69, 9.17) is 17.3 Å². The second kappa shape index (κ2) is 5.02. The van der Waals surface area contributed by atoms with E-state index < -0.39 is 10.0 Å². The highest BCUT2D eigenvalue weighted by Gasteiger charge is 2.21. The van der Waals surface area contributed by atoms with E-state index in [1.165, 1.54) is 18.3 Å². The molecule has 0 aliphatic heterocycles. The number of hydrogen-bond donors (Lipinski definition) is 2. The van der Waals surface area contributed by atoms with Crippen molar-refractivity contribution in [1.29, 1.82) is 0 Å². The van der Waals surface area contributed by atoms with Crippen LogP contribution in [0, 0.1) is 6.92 Å². The van der Waals surface area contributed by atoms with E-state index in [0.29, 0.717) is 5.56 Å². The van der Waals surface area contributed by atoms with Crippen LogP contribution in [0.25, 0.3) is 0 Å². The van der Waals surface area contributed by atoms with Crippen molar-refractivity contribution in [3.63, 3.8) is 0 Å². The van der Waals surface area contributed by atoms with Crippen molar-refractivity contribution in [2.75, 3.05) is 10.5 Å². The van der Waals surface area contributed by atoms with Gasteiger partial charge in [-0.05, 0) is 24.6 Å². The average molecular weight is 299 g/mol. The van der Waals surface area contributed by atoms with E-state index >= 15 is 0 Å². The normalized spacial score (nSPS) is 11.3. The van der Waals surface area contributed by atoms with Gasteiger partial charge in [-0.1, -0.05) is 23.7 Å². The van der Waals surface area contributed by atoms with E-state index in [1.54, 1.807) is 19.1 Å². The van der Waals surface area contributed by atoms with Gasteiger partial charge < -0.3 is 5.73 Å². The van der Waals surface area contributed by atoms with Crippen molar-refractivity contribution in [1.82, 2.24) is 9.97 Å². The summed E-state index contributed by atoms with van der Waals surface area (Å²) < 4.78 is 26.7. The van der Waals surface area contributed by atoms with Gasteiger partial charge >= 0.3 is 0 Å². The fraction of sp³-hybridized carbons (Fsp3) is 0.0909. The van der Waals surface area contributed by atoms with Gasteiger partial charge in [-0.25, -0.2) is 23.1 Å². The fourth-order valence-electron chi connectivity index (χ4n) is 1.60. The topological polar surface area (TPSA) is 98.0 Å². The van der Waals surface area contributed by atoms with Crippen LogP contribution in [0.1, 0.15) is 5.56 Å². The van der Waals surface area contributed by atoms with Crippen molar-refractivity contribution in [3.05, 3.63) is 41.2 Å². The molecule has 2 rings (SSSR count). The zero-order valence-electron chi connectivity index (χ0n) is 9.96. The molecule has 6 nitrogen and oxygen atoms in total. The minimum absolute atomic E-state index is 0.0126. The summed E-state index contributed by atoms with van der Waals surface area (Å²) in [6.07, 6.45) is 1.36. The van der Waals surface area contributed by atoms with Crippen LogP contribution in [0.4, 0.5) is 11.6 Å². The summed E-state index contributed by atoms with van der Waals surface area (Å²) in [6, 6.07) is 6.30. The third kappa shape index (κ3) is 2.94. The number of anilines is 2. The van der Waals surface area contributed by atoms with Crippen molar-refractivity contribution in [2.45, 2.75) is 11.8 Å². The molecule has 3 N–H and O–H groups in total. The number of nitrogens with one attached hydrogen (secondary N) is 1. The van der Waals surface area contributed by atoms with Crippen LogP contribution in [0.5, 0.6) is 0 Å². The molecule has 0 radical (unpaired) electrons. The summed E-state index contributed by atoms with van der Waals surface area (Å²) in [5, 5.41) is 0.144. The van der Waals surface area contributed by atoms with Crippen LogP contribution in [0.15, 0.2) is 35.4 Å². The summed E-state index contributed by atoms with van der Waals surface area (Å²) >= 11 is 5.67. The second-order valence-corrected chi connectivity index (χ2v) is 5.81. The predicted octanol–water partition coefficient (Wildman–Crippen LogP) is 1.82. The lowest BCUT2D eigenvalue weighted by Crippen LogP contribution is -2.17. The maximum atomic E-state index is 12.2. The Morgan fingerprint density at radius 2 is 2.05 bits per heavy atom. The molecule has 0 saturated heterocycles. The standard InChI is InChI=1S/C11H11ClN4O2S/c1-7-3-2-4-8(13)10(7)19(17,18)16-11-14-6-5-9(12)15-11/h2-6H,13H2,1H3,(H,14,15,16). The molecule has 1 heterocycles. The van der Waals surface area contributed by atoms with Crippen LogP contribution >= 0.6 is 11.6 Å². The molecule has 0 fully saturated rings. The first-order valence-corrected chi connectivity index (χ1v) is 7.13. The molecule has 0 aliphatic rings. The molecule has 0 spiro atoms. The first-order valence-electron chi connectivity index (χ1n) is 5.26. The van der Waals surface area contributed by atoms with Crippen LogP contribution in [-0.4, -0.2) is 18.4 Å². The number of nitrogens with two attached hydrogens (primary N) is 1. The van der Waals surface area contributed by atoms with Gasteiger partial charge in [-0.2, -0.15) is 0 Å². The van der Waals surface area contributed by atoms with Crippen molar-refractivity contribution in [2.24, 2.45) is 0 Å². The van der Waals surface area contributed by atoms with Gasteiger partial charge in [-0.15, -0.1) is 0 Å². The Bertz CT molecular complexity index is 698. The van der Waals surface area contributed by atoms with Crippen LogP contribution in [-0.2, 0) is 10.0 Å². The Morgan fingerprint density at radius 3 is 2.68 bits per heavy atom. The molecule has 1 aromatic heterocycles. The van der Waals surface area contributed by atoms with Crippen molar-refractivity contribution in [3.8, 4) is 0 Å². The summed E-state index contributed by atoms with van der Waals surface area (Å²) in [7, 11) is -3.85. The molecule has 0 unspecified atom stereocenters. The highest BCUT2D eigenvalue weighted by atomic mass is 35.5. The zero-order chi connectivity index (χ0) is 14.0. The molecule has 1 aromatic carbocycles. The number of hydrogen-bond acceptors (Lipinski definition) is 5. The van der Waals surface area contributed by atoms with E-state index in [0.717, 1.165) is 0 Å². The first-order chi connectivity index (χ1) is 8.90. The maximum Gasteiger partial charge on any atom is 0.266 e. The summed E-state index contributed by atoms with van der Waals surface area (Å²) in [6.45, 7) is 1.66. The lowest BCUT2D eigenvalue weighted by atomic mass is 10.2. The Morgan fingerprint density at radius 1 is 1.32 bits per heavy atom. The Kier molecular flexibility index (Phi) is 3.59. The summed E-state index contributed by atoms with van der Waals surface area (Å²) in [5.74, 6) is -0.102. The van der Waals surface area contributed by atoms with Gasteiger partial charge in [0.2, 0.25) is 5.95 Å². The molecule has 0 saturated carbocycles. The third-order valence-corrected chi connectivity index (χ3v) is 4.12. The minimum atomic E-state index is -3.85. The molecule has 100 valence electrons. The number of aryl methyl sites for hydroxylation is 1. The Labute approximate surface area is 115 Å². The van der Waals surface area contributed by atoms with Gasteiger partial charge in [-0.3, -0.25) is 0 Å². The SMILES string of the molecule is Cc1cccc(N)c1S(=O)(=O)Nc1nccc(Cl)n1. The largest absolute Gasteiger partial charge is 0.398 e. The molecular weight excluding hydrogens is 288 g/mol. The average Bonchev–Trinajstić information content (AvgIpc) is 2.27. The summed E-state index contributed by atoms with van der Waals surface area (Å²) in [4.78, 5) is 7.56. The van der Waals surface area contributed by atoms with Gasteiger partial charge in [0.1, 0.15) is 10.0 Å². The third-order valence-electron chi connectivity index (χ3n) is 2.36. The second-order valence-electron chi connectivity index (χ2n) is 3.80. The van der Waals surface area contributed by atoms with Crippen LogP contribution < -0.4 is 10.5 Å². The molecule has 19 heavy (non-hydrogen) atoms. The Hall–Kier alpha value is -1.86. The maximum absolute atomic E-state index is 12.2. The summed E-state index contributed by atoms with van der Waals surface area (Å²) in [5.41, 5.74) is 6.40. The zero-order valence-corrected chi connectivity index (χ0v) is 11.5. The quantitative estimate of drug-likeness (QED) is 0.665. The Balaban J connectivity index is 2.44. The number of benzene rings is 1. The number of nitrogens with zero attached hydrogens (tertiary/aromatic N) is 2. The van der Waals surface area contributed by atoms with Gasteiger partial charge in [0.25, 0.3) is 10.0 Å². The monoisotopic (exact) mass is 298 g/mol. The highest BCUT2D eigenvalue weighted by Crippen LogP contribution is 2.24. The number of sulfonamides is 1. The van der Waals surface area contributed by atoms with Crippen LogP contribution in [0.2, 0.25) is 5.15 Å². The highest BCUT2D eigenvalue weighted by molar-refractivity contribution is 7.93. The number of halogens is 1. The van der Waals surface area contributed by atoms with E-state index in [2.05, 4.69) is 14.7 Å². The predicted molar refractivity (Wildman–Crippen MR) is 73.4 cm³/mol. The van der Waals surface area contributed by atoms with E-state index in [-0.39, 0.29) is 21.7 Å². The molecule has 0 bridgehead atoms. The molecule has 0 atom stereocenters. The molecule has 0 amide bonds. The first kappa shape index (κ1) is 13.6. The van der Waals surface area contributed by atoms with Crippen molar-refractivity contribution < 1.29 is 8.42 Å². The van der Waals surface area contributed by atoms with E-state index in [9.17, 15) is 8.42 Å². The number of nitrogen functional groups attached to an aromatic ring is 1. The lowest BCUT2D eigenvalue weighted by Gasteiger charge is -2.11. The molecule has 0 aliphatic carbocycles. The minimum Gasteiger partial charge on any atom is -0.398 e. The molecular formula is C11H11ClN4O2S. The van der Waals surface area contributed by atoms with Gasteiger partial charge in [0.05, 0.1) is 5.69 Å². The fourth-order valence-corrected chi connectivity index (χ4v) is 3.05. The van der Waals surface area contributed by atoms with Gasteiger partial charge in [0.15, 0.2) is 0 Å². The molecule has 8 heteroatoms. The van der Waals surface area contributed by atoms with E-state index in [1.807, 2.05) is 0 Å². The number of rotatable bonds is 3. The van der Waals surface area contributed by atoms with Crippen molar-refractivity contribution >= 4 is 33.3 Å². The smallest absolute Gasteiger partial charge is 0.266 e.